The van der Waals surface area contributed by atoms with Crippen LogP contribution in [0.4, 0.5) is 4.39 Å². The van der Waals surface area contributed by atoms with Crippen LogP contribution < -0.4 is 0 Å². The van der Waals surface area contributed by atoms with Gasteiger partial charge in [-0.1, -0.05) is 5.16 Å². The Morgan fingerprint density at radius 1 is 1.43 bits per heavy atom. The number of nitrogens with zero attached hydrogens (tertiary/aromatic N) is 2. The summed E-state index contributed by atoms with van der Waals surface area (Å²) in [5, 5.41) is 12.4. The molecule has 0 fully saturated rings. The molecule has 0 amide bonds. The summed E-state index contributed by atoms with van der Waals surface area (Å²) in [7, 11) is 0. The van der Waals surface area contributed by atoms with E-state index in [-0.39, 0.29) is 17.3 Å². The van der Waals surface area contributed by atoms with Crippen LogP contribution in [0, 0.1) is 5.82 Å². The van der Waals surface area contributed by atoms with Crippen molar-refractivity contribution in [2.24, 2.45) is 0 Å². The van der Waals surface area contributed by atoms with Crippen molar-refractivity contribution >= 4 is 5.97 Å². The number of esters is 1. The van der Waals surface area contributed by atoms with Crippen LogP contribution in [0.1, 0.15) is 37.0 Å². The average Bonchev–Trinajstić information content (AvgIpc) is 2.85. The maximum Gasteiger partial charge on any atom is 0.341 e. The average molecular weight is 294 g/mol. The molecule has 0 saturated carbocycles. The molecule has 0 spiro atoms. The monoisotopic (exact) mass is 294 g/mol. The maximum absolute atomic E-state index is 14.0. The van der Waals surface area contributed by atoms with Gasteiger partial charge in [-0.2, -0.15) is 4.98 Å². The van der Waals surface area contributed by atoms with Gasteiger partial charge in [0.05, 0.1) is 5.56 Å². The molecule has 1 N–H and O–H groups in total. The second-order valence-corrected chi connectivity index (χ2v) is 5.37. The highest BCUT2D eigenvalue weighted by molar-refractivity contribution is 5.90. The van der Waals surface area contributed by atoms with Crippen molar-refractivity contribution in [2.45, 2.75) is 33.0 Å². The molecule has 1 heterocycles. The Labute approximate surface area is 120 Å². The van der Waals surface area contributed by atoms with E-state index in [1.165, 1.54) is 12.1 Å². The molecule has 0 aliphatic heterocycles. The van der Waals surface area contributed by atoms with Gasteiger partial charge in [0.1, 0.15) is 18.0 Å². The fourth-order valence-corrected chi connectivity index (χ4v) is 1.59. The molecular weight excluding hydrogens is 279 g/mol. The van der Waals surface area contributed by atoms with Crippen LogP contribution in [-0.4, -0.2) is 26.8 Å². The number of aromatic nitrogens is 2. The SMILES string of the molecule is CC(C)(C)OC(=O)c1ccc(-c2noc(CO)n2)cc1F. The van der Waals surface area contributed by atoms with Crippen molar-refractivity contribution in [1.29, 1.82) is 0 Å². The normalized spacial score (nSPS) is 11.5. The quantitative estimate of drug-likeness (QED) is 0.874. The number of carbonyl (C=O) groups excluding carboxylic acids is 1. The Bertz CT molecular complexity index is 661. The third kappa shape index (κ3) is 3.63. The summed E-state index contributed by atoms with van der Waals surface area (Å²) >= 11 is 0. The van der Waals surface area contributed by atoms with Gasteiger partial charge in [-0.15, -0.1) is 0 Å². The third-order valence-corrected chi connectivity index (χ3v) is 2.45. The fraction of sp³-hybridized carbons (Fsp3) is 0.357. The molecular formula is C14H15FN2O4. The first-order valence-corrected chi connectivity index (χ1v) is 6.27. The lowest BCUT2D eigenvalue weighted by atomic mass is 10.1. The van der Waals surface area contributed by atoms with E-state index >= 15 is 0 Å². The number of aliphatic hydroxyl groups is 1. The van der Waals surface area contributed by atoms with Crippen LogP contribution in [0.5, 0.6) is 0 Å². The highest BCUT2D eigenvalue weighted by Crippen LogP contribution is 2.21. The maximum atomic E-state index is 14.0. The van der Waals surface area contributed by atoms with Crippen LogP contribution in [0.2, 0.25) is 0 Å². The van der Waals surface area contributed by atoms with Gasteiger partial charge in [0, 0.05) is 5.56 Å². The van der Waals surface area contributed by atoms with Crippen molar-refractivity contribution in [2.75, 3.05) is 0 Å². The molecule has 1 aromatic carbocycles. The van der Waals surface area contributed by atoms with E-state index in [9.17, 15) is 9.18 Å². The lowest BCUT2D eigenvalue weighted by molar-refractivity contribution is 0.00647. The van der Waals surface area contributed by atoms with Gasteiger partial charge in [-0.3, -0.25) is 0 Å². The molecule has 0 radical (unpaired) electrons. The number of halogens is 1. The smallest absolute Gasteiger partial charge is 0.341 e. The van der Waals surface area contributed by atoms with Crippen molar-refractivity contribution in [3.8, 4) is 11.4 Å². The van der Waals surface area contributed by atoms with Crippen LogP contribution in [0.3, 0.4) is 0 Å². The Balaban J connectivity index is 2.27. The molecule has 6 nitrogen and oxygen atoms in total. The molecule has 0 aliphatic rings. The molecule has 0 saturated heterocycles. The summed E-state index contributed by atoms with van der Waals surface area (Å²) in [4.78, 5) is 15.7. The van der Waals surface area contributed by atoms with Gasteiger partial charge in [0.2, 0.25) is 5.82 Å². The lowest BCUT2D eigenvalue weighted by Crippen LogP contribution is -2.24. The van der Waals surface area contributed by atoms with Crippen LogP contribution in [-0.2, 0) is 11.3 Å². The minimum absolute atomic E-state index is 0.0293. The number of hydrogen-bond acceptors (Lipinski definition) is 6. The zero-order valence-corrected chi connectivity index (χ0v) is 11.9. The largest absolute Gasteiger partial charge is 0.456 e. The number of benzene rings is 1. The number of carbonyl (C=O) groups is 1. The fourth-order valence-electron chi connectivity index (χ4n) is 1.59. The second kappa shape index (κ2) is 5.61. The highest BCUT2D eigenvalue weighted by Gasteiger charge is 2.21. The first-order valence-electron chi connectivity index (χ1n) is 6.27. The number of rotatable bonds is 3. The van der Waals surface area contributed by atoms with Gasteiger partial charge < -0.3 is 14.4 Å². The van der Waals surface area contributed by atoms with Gasteiger partial charge in [0.25, 0.3) is 5.89 Å². The Morgan fingerprint density at radius 2 is 2.14 bits per heavy atom. The van der Waals surface area contributed by atoms with E-state index in [2.05, 4.69) is 10.1 Å². The van der Waals surface area contributed by atoms with Gasteiger partial charge >= 0.3 is 5.97 Å². The van der Waals surface area contributed by atoms with Crippen molar-refractivity contribution in [1.82, 2.24) is 10.1 Å². The molecule has 112 valence electrons. The summed E-state index contributed by atoms with van der Waals surface area (Å²) in [6.07, 6.45) is 0. The first-order chi connectivity index (χ1) is 9.80. The van der Waals surface area contributed by atoms with Crippen LogP contribution in [0.25, 0.3) is 11.4 Å². The van der Waals surface area contributed by atoms with Crippen molar-refractivity contribution in [3.63, 3.8) is 0 Å². The number of ether oxygens (including phenoxy) is 1. The molecule has 21 heavy (non-hydrogen) atoms. The minimum atomic E-state index is -0.740. The number of aliphatic hydroxyl groups excluding tert-OH is 1. The summed E-state index contributed by atoms with van der Waals surface area (Å²) < 4.78 is 23.9. The highest BCUT2D eigenvalue weighted by atomic mass is 19.1. The van der Waals surface area contributed by atoms with E-state index in [1.54, 1.807) is 20.8 Å². The standard InChI is InChI=1S/C14H15FN2O4/c1-14(2,3)20-13(19)9-5-4-8(6-10(9)15)12-16-11(7-18)21-17-12/h4-6,18H,7H2,1-3H3. The van der Waals surface area contributed by atoms with E-state index in [1.807, 2.05) is 0 Å². The second-order valence-electron chi connectivity index (χ2n) is 5.37. The van der Waals surface area contributed by atoms with E-state index in [0.717, 1.165) is 6.07 Å². The van der Waals surface area contributed by atoms with E-state index < -0.39 is 24.0 Å². The molecule has 2 aromatic rings. The van der Waals surface area contributed by atoms with Crippen molar-refractivity contribution in [3.05, 3.63) is 35.5 Å². The molecule has 0 unspecified atom stereocenters. The lowest BCUT2D eigenvalue weighted by Gasteiger charge is -2.19. The Kier molecular flexibility index (Phi) is 4.04. The molecule has 0 bridgehead atoms. The zero-order chi connectivity index (χ0) is 15.6. The minimum Gasteiger partial charge on any atom is -0.456 e. The van der Waals surface area contributed by atoms with Gasteiger partial charge in [0.15, 0.2) is 0 Å². The van der Waals surface area contributed by atoms with E-state index in [0.29, 0.717) is 5.56 Å². The van der Waals surface area contributed by atoms with Gasteiger partial charge in [-0.25, -0.2) is 9.18 Å². The molecule has 7 heteroatoms. The summed E-state index contributed by atoms with van der Waals surface area (Å²) in [6.45, 7) is 4.71. The number of hydrogen-bond donors (Lipinski definition) is 1. The van der Waals surface area contributed by atoms with Crippen LogP contribution in [0.15, 0.2) is 22.7 Å². The Hall–Kier alpha value is -2.28. The van der Waals surface area contributed by atoms with Crippen LogP contribution >= 0.6 is 0 Å². The topological polar surface area (TPSA) is 85.5 Å². The molecule has 0 aliphatic carbocycles. The third-order valence-electron chi connectivity index (χ3n) is 2.45. The first kappa shape index (κ1) is 15.1. The molecule has 1 aromatic heterocycles. The predicted molar refractivity (Wildman–Crippen MR) is 70.8 cm³/mol. The predicted octanol–water partition coefficient (Wildman–Crippen LogP) is 2.32. The van der Waals surface area contributed by atoms with Gasteiger partial charge in [-0.05, 0) is 39.0 Å². The van der Waals surface area contributed by atoms with E-state index in [4.69, 9.17) is 14.4 Å². The van der Waals surface area contributed by atoms with Crippen molar-refractivity contribution < 1.29 is 23.6 Å². The summed E-state index contributed by atoms with van der Waals surface area (Å²) in [6, 6.07) is 3.90. The summed E-state index contributed by atoms with van der Waals surface area (Å²) in [5.41, 5.74) is -0.533. The summed E-state index contributed by atoms with van der Waals surface area (Å²) in [5.74, 6) is -1.32. The zero-order valence-electron chi connectivity index (χ0n) is 11.9. The molecule has 2 rings (SSSR count). The Morgan fingerprint density at radius 3 is 2.67 bits per heavy atom. The molecule has 0 atom stereocenters.